The van der Waals surface area contributed by atoms with Crippen molar-refractivity contribution in [1.29, 1.82) is 0 Å². The Morgan fingerprint density at radius 1 is 1.11 bits per heavy atom. The van der Waals surface area contributed by atoms with Gasteiger partial charge in [-0.25, -0.2) is 4.98 Å². The average molecular weight is 384 g/mol. The third kappa shape index (κ3) is 4.21. The van der Waals surface area contributed by atoms with Gasteiger partial charge in [-0.2, -0.15) is 9.78 Å². The molecule has 0 fully saturated rings. The molecule has 3 aromatic heterocycles. The Bertz CT molecular complexity index is 894. The molecule has 0 saturated carbocycles. The first-order chi connectivity index (χ1) is 13.3. The van der Waals surface area contributed by atoms with Gasteiger partial charge < -0.3 is 4.57 Å². The summed E-state index contributed by atoms with van der Waals surface area (Å²) in [6.07, 6.45) is 9.41. The minimum atomic E-state index is 0.412. The number of imidazole rings is 1. The number of aryl methyl sites for hydroxylation is 3. The van der Waals surface area contributed by atoms with Gasteiger partial charge in [0, 0.05) is 31.8 Å². The first-order valence-corrected chi connectivity index (χ1v) is 10.3. The topological polar surface area (TPSA) is 44.4 Å². The van der Waals surface area contributed by atoms with Crippen molar-refractivity contribution in [2.45, 2.75) is 71.9 Å². The van der Waals surface area contributed by atoms with Gasteiger partial charge in [-0.3, -0.25) is 4.68 Å². The molecule has 2 atom stereocenters. The van der Waals surface area contributed by atoms with Gasteiger partial charge in [0.05, 0.1) is 42.6 Å². The number of aromatic nitrogens is 6. The second-order valence-corrected chi connectivity index (χ2v) is 8.50. The fourth-order valence-electron chi connectivity index (χ4n) is 4.10. The number of nitrogens with zero attached hydrogens (tertiary/aromatic N) is 6. The molecule has 0 aliphatic carbocycles. The molecule has 0 N–H and O–H groups in total. The van der Waals surface area contributed by atoms with Crippen LogP contribution in [0.2, 0.25) is 0 Å². The fourth-order valence-corrected chi connectivity index (χ4v) is 4.10. The summed E-state index contributed by atoms with van der Waals surface area (Å²) in [6, 6.07) is 2.26. The average Bonchev–Trinajstić information content (AvgIpc) is 3.33. The van der Waals surface area contributed by atoms with E-state index < -0.39 is 0 Å². The van der Waals surface area contributed by atoms with E-state index in [9.17, 15) is 0 Å². The molecular formula is C22H35N6+. The van der Waals surface area contributed by atoms with Gasteiger partial charge in [0.25, 0.3) is 0 Å². The van der Waals surface area contributed by atoms with Crippen LogP contribution in [-0.4, -0.2) is 24.0 Å². The van der Waals surface area contributed by atoms with Crippen molar-refractivity contribution in [2.24, 2.45) is 14.1 Å². The molecule has 3 heterocycles. The highest BCUT2D eigenvalue weighted by atomic mass is 15.4. The summed E-state index contributed by atoms with van der Waals surface area (Å²) in [4.78, 5) is 4.51. The Labute approximate surface area is 168 Å². The van der Waals surface area contributed by atoms with Crippen molar-refractivity contribution in [3.8, 4) is 0 Å². The fraction of sp³-hybridized carbons (Fsp3) is 0.591. The lowest BCUT2D eigenvalue weighted by atomic mass is 10.0. The summed E-state index contributed by atoms with van der Waals surface area (Å²) in [7, 11) is 4.20. The molecule has 2 unspecified atom stereocenters. The quantitative estimate of drug-likeness (QED) is 0.557. The molecule has 28 heavy (non-hydrogen) atoms. The van der Waals surface area contributed by atoms with Crippen LogP contribution in [0.3, 0.4) is 0 Å². The normalized spacial score (nSPS) is 14.0. The smallest absolute Gasteiger partial charge is 0.195 e. The van der Waals surface area contributed by atoms with Crippen molar-refractivity contribution in [2.75, 3.05) is 0 Å². The Morgan fingerprint density at radius 2 is 1.86 bits per heavy atom. The highest BCUT2D eigenvalue weighted by Crippen LogP contribution is 2.21. The summed E-state index contributed by atoms with van der Waals surface area (Å²) in [5, 5.41) is 4.39. The largest absolute Gasteiger partial charge is 0.337 e. The first kappa shape index (κ1) is 20.4. The van der Waals surface area contributed by atoms with Crippen LogP contribution in [0.25, 0.3) is 0 Å². The van der Waals surface area contributed by atoms with Gasteiger partial charge >= 0.3 is 0 Å². The summed E-state index contributed by atoms with van der Waals surface area (Å²) < 4.78 is 8.84. The lowest BCUT2D eigenvalue weighted by molar-refractivity contribution is -0.775. The van der Waals surface area contributed by atoms with Crippen LogP contribution in [0.1, 0.15) is 74.5 Å². The standard InChI is InChI=1S/C22H35N6/c1-16(2)20-14-27(15-23-20)10-8-17(3)21-9-11-28(26(21)7)13-19(5)22-18(4)12-24-25(22)6/h9,11-12,14-17,19H,8,10,13H2,1-7H3/q+1. The minimum absolute atomic E-state index is 0.412. The lowest BCUT2D eigenvalue weighted by Crippen LogP contribution is -2.44. The highest BCUT2D eigenvalue weighted by Gasteiger charge is 2.22. The van der Waals surface area contributed by atoms with Crippen LogP contribution >= 0.6 is 0 Å². The zero-order chi connectivity index (χ0) is 20.4. The third-order valence-corrected chi connectivity index (χ3v) is 5.85. The molecule has 3 aromatic rings. The third-order valence-electron chi connectivity index (χ3n) is 5.85. The van der Waals surface area contributed by atoms with E-state index in [2.05, 4.69) is 84.1 Å². The van der Waals surface area contributed by atoms with Gasteiger partial charge in [-0.15, -0.1) is 4.68 Å². The molecule has 0 spiro atoms. The Morgan fingerprint density at radius 3 is 2.46 bits per heavy atom. The summed E-state index contributed by atoms with van der Waals surface area (Å²) in [6.45, 7) is 13.0. The molecule has 0 aliphatic heterocycles. The zero-order valence-corrected chi connectivity index (χ0v) is 18.4. The second kappa shape index (κ2) is 8.33. The molecule has 0 saturated heterocycles. The van der Waals surface area contributed by atoms with Crippen LogP contribution in [0.4, 0.5) is 0 Å². The maximum absolute atomic E-state index is 4.51. The van der Waals surface area contributed by atoms with Gasteiger partial charge in [-0.1, -0.05) is 27.7 Å². The predicted octanol–water partition coefficient (Wildman–Crippen LogP) is 3.67. The van der Waals surface area contributed by atoms with E-state index in [0.717, 1.165) is 19.5 Å². The Hall–Kier alpha value is -2.37. The Balaban J connectivity index is 1.64. The maximum Gasteiger partial charge on any atom is 0.195 e. The molecule has 0 aromatic carbocycles. The molecule has 0 aliphatic rings. The van der Waals surface area contributed by atoms with Gasteiger partial charge in [0.15, 0.2) is 12.7 Å². The van der Waals surface area contributed by atoms with Crippen molar-refractivity contribution >= 4 is 0 Å². The second-order valence-electron chi connectivity index (χ2n) is 8.50. The van der Waals surface area contributed by atoms with E-state index in [1.807, 2.05) is 24.3 Å². The van der Waals surface area contributed by atoms with Gasteiger partial charge in [-0.05, 0) is 24.8 Å². The van der Waals surface area contributed by atoms with E-state index in [0.29, 0.717) is 17.8 Å². The highest BCUT2D eigenvalue weighted by molar-refractivity contribution is 5.18. The van der Waals surface area contributed by atoms with E-state index >= 15 is 0 Å². The number of hydrogen-bond acceptors (Lipinski definition) is 2. The van der Waals surface area contributed by atoms with E-state index in [4.69, 9.17) is 0 Å². The van der Waals surface area contributed by atoms with E-state index in [1.165, 1.54) is 22.6 Å². The van der Waals surface area contributed by atoms with Crippen LogP contribution in [0, 0.1) is 6.92 Å². The van der Waals surface area contributed by atoms with Gasteiger partial charge in [0.1, 0.15) is 0 Å². The first-order valence-electron chi connectivity index (χ1n) is 10.3. The molecule has 6 heteroatoms. The molecule has 0 radical (unpaired) electrons. The summed E-state index contributed by atoms with van der Waals surface area (Å²) in [5.74, 6) is 1.38. The molecule has 0 amide bonds. The van der Waals surface area contributed by atoms with Crippen LogP contribution in [0.15, 0.2) is 31.0 Å². The summed E-state index contributed by atoms with van der Waals surface area (Å²) in [5.41, 5.74) is 5.12. The molecule has 0 bridgehead atoms. The monoisotopic (exact) mass is 383 g/mol. The summed E-state index contributed by atoms with van der Waals surface area (Å²) >= 11 is 0. The van der Waals surface area contributed by atoms with E-state index in [-0.39, 0.29) is 0 Å². The van der Waals surface area contributed by atoms with Crippen LogP contribution in [-0.2, 0) is 27.2 Å². The molecule has 6 nitrogen and oxygen atoms in total. The molecular weight excluding hydrogens is 348 g/mol. The van der Waals surface area contributed by atoms with Crippen LogP contribution < -0.4 is 4.68 Å². The van der Waals surface area contributed by atoms with Crippen molar-refractivity contribution in [3.63, 3.8) is 0 Å². The maximum atomic E-state index is 4.51. The number of hydrogen-bond donors (Lipinski definition) is 0. The molecule has 3 rings (SSSR count). The van der Waals surface area contributed by atoms with Crippen molar-refractivity contribution < 1.29 is 4.68 Å². The van der Waals surface area contributed by atoms with Crippen LogP contribution in [0.5, 0.6) is 0 Å². The Kier molecular flexibility index (Phi) is 6.06. The SMILES string of the molecule is Cc1cnn(C)c1C(C)C[n+]1ccc(C(C)CCn2cnc(C(C)C)c2)n1C. The minimum Gasteiger partial charge on any atom is -0.337 e. The van der Waals surface area contributed by atoms with Gasteiger partial charge in [0.2, 0.25) is 0 Å². The predicted molar refractivity (Wildman–Crippen MR) is 111 cm³/mol. The van der Waals surface area contributed by atoms with Crippen molar-refractivity contribution in [1.82, 2.24) is 24.0 Å². The van der Waals surface area contributed by atoms with Crippen molar-refractivity contribution in [3.05, 3.63) is 53.6 Å². The zero-order valence-electron chi connectivity index (χ0n) is 18.4. The van der Waals surface area contributed by atoms with E-state index in [1.54, 1.807) is 0 Å². The lowest BCUT2D eigenvalue weighted by Gasteiger charge is -2.13. The molecule has 152 valence electrons. The number of rotatable bonds is 8.